The van der Waals surface area contributed by atoms with E-state index in [1.54, 1.807) is 20.2 Å². The summed E-state index contributed by atoms with van der Waals surface area (Å²) in [5, 5.41) is 13.4. The Bertz CT molecular complexity index is 548. The second-order valence-corrected chi connectivity index (χ2v) is 3.88. The number of H-pyrrole nitrogens is 1. The number of benzene rings is 1. The Kier molecular flexibility index (Phi) is 2.86. The first-order valence-electron chi connectivity index (χ1n) is 5.32. The molecule has 1 aromatic carbocycles. The van der Waals surface area contributed by atoms with Crippen molar-refractivity contribution in [1.29, 1.82) is 0 Å². The maximum atomic E-state index is 11.4. The van der Waals surface area contributed by atoms with Gasteiger partial charge in [0.2, 0.25) is 5.91 Å². The lowest BCUT2D eigenvalue weighted by molar-refractivity contribution is -0.121. The predicted octanol–water partition coefficient (Wildman–Crippen LogP) is 0.691. The number of rotatable bonds is 3. The van der Waals surface area contributed by atoms with Crippen LogP contribution in [0.25, 0.3) is 10.9 Å². The van der Waals surface area contributed by atoms with Crippen molar-refractivity contribution < 1.29 is 4.79 Å². The second-order valence-electron chi connectivity index (χ2n) is 3.88. The summed E-state index contributed by atoms with van der Waals surface area (Å²) in [6.07, 6.45) is 1.71. The van der Waals surface area contributed by atoms with Crippen molar-refractivity contribution in [1.82, 2.24) is 15.5 Å². The maximum absolute atomic E-state index is 11.4. The quantitative estimate of drug-likeness (QED) is 0.586. The molecule has 5 N–H and O–H groups in total. The van der Waals surface area contributed by atoms with Gasteiger partial charge in [0, 0.05) is 12.4 Å². The van der Waals surface area contributed by atoms with E-state index in [1.807, 2.05) is 12.1 Å². The van der Waals surface area contributed by atoms with E-state index in [2.05, 4.69) is 20.8 Å². The van der Waals surface area contributed by atoms with Gasteiger partial charge in [0.05, 0.1) is 23.1 Å². The van der Waals surface area contributed by atoms with Crippen LogP contribution in [0.1, 0.15) is 6.92 Å². The number of carbonyl (C=O) groups excluding carboxylic acids is 1. The number of nitrogens with two attached hydrogens (primary N) is 1. The fraction of sp³-hybridized carbons (Fsp3) is 0.273. The Morgan fingerprint density at radius 1 is 1.53 bits per heavy atom. The molecule has 0 saturated carbocycles. The van der Waals surface area contributed by atoms with Crippen LogP contribution in [-0.4, -0.2) is 29.2 Å². The van der Waals surface area contributed by atoms with Gasteiger partial charge in [0.1, 0.15) is 6.04 Å². The van der Waals surface area contributed by atoms with E-state index in [1.165, 1.54) is 0 Å². The highest BCUT2D eigenvalue weighted by atomic mass is 16.2. The molecule has 0 aliphatic carbocycles. The van der Waals surface area contributed by atoms with Crippen molar-refractivity contribution in [3.63, 3.8) is 0 Å². The molecule has 90 valence electrons. The van der Waals surface area contributed by atoms with Crippen LogP contribution in [0.4, 0.5) is 11.4 Å². The highest BCUT2D eigenvalue weighted by molar-refractivity contribution is 5.91. The van der Waals surface area contributed by atoms with E-state index in [0.717, 1.165) is 16.6 Å². The minimum atomic E-state index is -0.345. The van der Waals surface area contributed by atoms with Crippen molar-refractivity contribution in [2.24, 2.45) is 0 Å². The molecule has 1 aromatic heterocycles. The Morgan fingerprint density at radius 3 is 3.00 bits per heavy atom. The largest absolute Gasteiger partial charge is 0.397 e. The number of nitrogens with one attached hydrogen (secondary N) is 3. The zero-order valence-electron chi connectivity index (χ0n) is 9.74. The van der Waals surface area contributed by atoms with Crippen molar-refractivity contribution in [2.45, 2.75) is 13.0 Å². The first-order valence-corrected chi connectivity index (χ1v) is 5.32. The number of hydrogen-bond acceptors (Lipinski definition) is 4. The predicted molar refractivity (Wildman–Crippen MR) is 67.7 cm³/mol. The molecule has 0 aliphatic rings. The van der Waals surface area contributed by atoms with Crippen molar-refractivity contribution in [3.8, 4) is 0 Å². The van der Waals surface area contributed by atoms with Gasteiger partial charge in [-0.25, -0.2) is 0 Å². The second kappa shape index (κ2) is 4.32. The smallest absolute Gasteiger partial charge is 0.241 e. The molecule has 0 saturated heterocycles. The topological polar surface area (TPSA) is 95.8 Å². The number of nitrogens with zero attached hydrogens (tertiary/aromatic N) is 1. The summed E-state index contributed by atoms with van der Waals surface area (Å²) >= 11 is 0. The fourth-order valence-corrected chi connectivity index (χ4v) is 1.65. The van der Waals surface area contributed by atoms with Crippen LogP contribution in [0.5, 0.6) is 0 Å². The molecule has 0 radical (unpaired) electrons. The van der Waals surface area contributed by atoms with Gasteiger partial charge in [-0.1, -0.05) is 0 Å². The highest BCUT2D eigenvalue weighted by Gasteiger charge is 2.12. The zero-order chi connectivity index (χ0) is 12.4. The van der Waals surface area contributed by atoms with Gasteiger partial charge >= 0.3 is 0 Å². The SMILES string of the molecule is CNC(=O)C(C)Nc1cc2[nH]ncc2cc1N. The molecule has 1 unspecified atom stereocenters. The van der Waals surface area contributed by atoms with Crippen LogP contribution in [0.2, 0.25) is 0 Å². The Hall–Kier alpha value is -2.24. The minimum Gasteiger partial charge on any atom is -0.397 e. The van der Waals surface area contributed by atoms with E-state index < -0.39 is 0 Å². The summed E-state index contributed by atoms with van der Waals surface area (Å²) in [6, 6.07) is 3.32. The van der Waals surface area contributed by atoms with Gasteiger partial charge < -0.3 is 16.4 Å². The Balaban J connectivity index is 2.28. The van der Waals surface area contributed by atoms with Gasteiger partial charge in [-0.2, -0.15) is 5.10 Å². The first-order chi connectivity index (χ1) is 8.11. The molecule has 0 spiro atoms. The van der Waals surface area contributed by atoms with E-state index in [9.17, 15) is 4.79 Å². The molecule has 1 atom stereocenters. The summed E-state index contributed by atoms with van der Waals surface area (Å²) in [4.78, 5) is 11.4. The zero-order valence-corrected chi connectivity index (χ0v) is 9.74. The molecule has 2 aromatic rings. The third kappa shape index (κ3) is 2.15. The lowest BCUT2D eigenvalue weighted by Crippen LogP contribution is -2.35. The monoisotopic (exact) mass is 233 g/mol. The van der Waals surface area contributed by atoms with Crippen molar-refractivity contribution >= 4 is 28.2 Å². The van der Waals surface area contributed by atoms with Crippen LogP contribution in [0.15, 0.2) is 18.3 Å². The lowest BCUT2D eigenvalue weighted by Gasteiger charge is -2.15. The Labute approximate surface area is 98.6 Å². The summed E-state index contributed by atoms with van der Waals surface area (Å²) in [5.74, 6) is -0.0888. The van der Waals surface area contributed by atoms with E-state index >= 15 is 0 Å². The average Bonchev–Trinajstić information content (AvgIpc) is 2.75. The first kappa shape index (κ1) is 11.3. The number of nitrogen functional groups attached to an aromatic ring is 1. The van der Waals surface area contributed by atoms with Crippen LogP contribution < -0.4 is 16.4 Å². The molecule has 17 heavy (non-hydrogen) atoms. The van der Waals surface area contributed by atoms with Crippen molar-refractivity contribution in [3.05, 3.63) is 18.3 Å². The molecule has 2 rings (SSSR count). The molecule has 1 heterocycles. The number of fused-ring (bicyclic) bond motifs is 1. The number of aromatic amines is 1. The van der Waals surface area contributed by atoms with Crippen LogP contribution in [-0.2, 0) is 4.79 Å². The minimum absolute atomic E-state index is 0.0888. The molecule has 0 fully saturated rings. The molecular formula is C11H15N5O. The number of hydrogen-bond donors (Lipinski definition) is 4. The van der Waals surface area contributed by atoms with Crippen LogP contribution >= 0.6 is 0 Å². The standard InChI is InChI=1S/C11H15N5O/c1-6(11(17)13-2)15-10-4-9-7(3-8(10)12)5-14-16-9/h3-6,15H,12H2,1-2H3,(H,13,17)(H,14,16). The van der Waals surface area contributed by atoms with E-state index in [0.29, 0.717) is 5.69 Å². The van der Waals surface area contributed by atoms with Gasteiger partial charge in [-0.15, -0.1) is 0 Å². The lowest BCUT2D eigenvalue weighted by atomic mass is 10.2. The maximum Gasteiger partial charge on any atom is 0.241 e. The van der Waals surface area contributed by atoms with Crippen LogP contribution in [0, 0.1) is 0 Å². The summed E-state index contributed by atoms with van der Waals surface area (Å²) in [7, 11) is 1.60. The summed E-state index contributed by atoms with van der Waals surface area (Å²) < 4.78 is 0. The average molecular weight is 233 g/mol. The van der Waals surface area contributed by atoms with Crippen LogP contribution in [0.3, 0.4) is 0 Å². The molecule has 6 heteroatoms. The van der Waals surface area contributed by atoms with Gasteiger partial charge in [0.15, 0.2) is 0 Å². The molecule has 6 nitrogen and oxygen atoms in total. The molecule has 1 amide bonds. The molecule has 0 bridgehead atoms. The number of aromatic nitrogens is 2. The molecular weight excluding hydrogens is 218 g/mol. The number of anilines is 2. The molecule has 0 aliphatic heterocycles. The van der Waals surface area contributed by atoms with Gasteiger partial charge in [-0.05, 0) is 19.1 Å². The van der Waals surface area contributed by atoms with E-state index in [4.69, 9.17) is 5.73 Å². The third-order valence-electron chi connectivity index (χ3n) is 2.62. The number of likely N-dealkylation sites (N-methyl/N-ethyl adjacent to an activating group) is 1. The fourth-order valence-electron chi connectivity index (χ4n) is 1.65. The third-order valence-corrected chi connectivity index (χ3v) is 2.62. The van der Waals surface area contributed by atoms with Gasteiger partial charge in [-0.3, -0.25) is 9.89 Å². The van der Waals surface area contributed by atoms with Crippen molar-refractivity contribution in [2.75, 3.05) is 18.1 Å². The van der Waals surface area contributed by atoms with E-state index in [-0.39, 0.29) is 11.9 Å². The number of amides is 1. The highest BCUT2D eigenvalue weighted by Crippen LogP contribution is 2.25. The Morgan fingerprint density at radius 2 is 2.29 bits per heavy atom. The summed E-state index contributed by atoms with van der Waals surface area (Å²) in [5.41, 5.74) is 8.09. The van der Waals surface area contributed by atoms with Gasteiger partial charge in [0.25, 0.3) is 0 Å². The number of carbonyl (C=O) groups is 1. The summed E-state index contributed by atoms with van der Waals surface area (Å²) in [6.45, 7) is 1.77. The normalized spacial score (nSPS) is 12.4.